The summed E-state index contributed by atoms with van der Waals surface area (Å²) in [5.41, 5.74) is 0.340. The number of carbonyl (C=O) groups is 1. The van der Waals surface area contributed by atoms with Gasteiger partial charge in [0.05, 0.1) is 28.7 Å². The lowest BCUT2D eigenvalue weighted by Crippen LogP contribution is -2.35. The standard InChI is InChI=1S/C20H28N4O4S2/c1-4-28-19-9-8-17(30(26,27)24-10-6-5-7-11-24)12-18(19)22-20(25)23(3)14-16-13-21-15(2)29-16/h8-9,12-13H,4-7,10-11,14H2,1-3H3,(H,22,25). The molecule has 1 aromatic heterocycles. The van der Waals surface area contributed by atoms with Crippen molar-refractivity contribution in [1.82, 2.24) is 14.2 Å². The summed E-state index contributed by atoms with van der Waals surface area (Å²) in [6.07, 6.45) is 4.52. The molecule has 0 spiro atoms. The van der Waals surface area contributed by atoms with Gasteiger partial charge < -0.3 is 15.0 Å². The van der Waals surface area contributed by atoms with Crippen molar-refractivity contribution in [3.05, 3.63) is 34.3 Å². The number of nitrogens with one attached hydrogen (secondary N) is 1. The van der Waals surface area contributed by atoms with Crippen molar-refractivity contribution in [3.63, 3.8) is 0 Å². The second-order valence-electron chi connectivity index (χ2n) is 7.19. The second-order valence-corrected chi connectivity index (χ2v) is 10.4. The van der Waals surface area contributed by atoms with Gasteiger partial charge in [-0.1, -0.05) is 6.42 Å². The molecule has 1 aromatic carbocycles. The van der Waals surface area contributed by atoms with Gasteiger partial charge >= 0.3 is 6.03 Å². The molecule has 30 heavy (non-hydrogen) atoms. The normalized spacial score (nSPS) is 15.0. The molecule has 1 N–H and O–H groups in total. The van der Waals surface area contributed by atoms with E-state index in [-0.39, 0.29) is 10.9 Å². The Balaban J connectivity index is 1.81. The van der Waals surface area contributed by atoms with Crippen LogP contribution in [0.4, 0.5) is 10.5 Å². The number of urea groups is 1. The monoisotopic (exact) mass is 452 g/mol. The van der Waals surface area contributed by atoms with Crippen molar-refractivity contribution in [2.24, 2.45) is 0 Å². The lowest BCUT2D eigenvalue weighted by Gasteiger charge is -2.26. The zero-order valence-electron chi connectivity index (χ0n) is 17.6. The van der Waals surface area contributed by atoms with Crippen LogP contribution >= 0.6 is 11.3 Å². The minimum absolute atomic E-state index is 0.156. The zero-order valence-corrected chi connectivity index (χ0v) is 19.2. The predicted molar refractivity (Wildman–Crippen MR) is 118 cm³/mol. The Morgan fingerprint density at radius 3 is 2.67 bits per heavy atom. The maximum Gasteiger partial charge on any atom is 0.322 e. The third kappa shape index (κ3) is 5.30. The maximum atomic E-state index is 13.0. The van der Waals surface area contributed by atoms with Gasteiger partial charge in [0.25, 0.3) is 0 Å². The van der Waals surface area contributed by atoms with Crippen LogP contribution in [-0.4, -0.2) is 55.4 Å². The number of amides is 2. The number of rotatable bonds is 7. The minimum Gasteiger partial charge on any atom is -0.492 e. The average molecular weight is 453 g/mol. The number of aromatic nitrogens is 1. The van der Waals surface area contributed by atoms with Gasteiger partial charge in [-0.15, -0.1) is 11.3 Å². The SMILES string of the molecule is CCOc1ccc(S(=O)(=O)N2CCCCC2)cc1NC(=O)N(C)Cc1cnc(C)s1. The highest BCUT2D eigenvalue weighted by Gasteiger charge is 2.27. The van der Waals surface area contributed by atoms with Crippen molar-refractivity contribution in [3.8, 4) is 5.75 Å². The zero-order chi connectivity index (χ0) is 21.7. The van der Waals surface area contributed by atoms with Gasteiger partial charge in [-0.2, -0.15) is 4.31 Å². The molecular formula is C20H28N4O4S2. The number of benzene rings is 1. The molecule has 0 atom stereocenters. The number of ether oxygens (including phenoxy) is 1. The maximum absolute atomic E-state index is 13.0. The Hall–Kier alpha value is -2.17. The highest BCUT2D eigenvalue weighted by Crippen LogP contribution is 2.30. The van der Waals surface area contributed by atoms with Crippen LogP contribution in [0.3, 0.4) is 0 Å². The molecule has 0 radical (unpaired) electrons. The molecule has 1 fully saturated rings. The van der Waals surface area contributed by atoms with Crippen molar-refractivity contribution >= 4 is 33.1 Å². The first kappa shape index (κ1) is 22.5. The van der Waals surface area contributed by atoms with E-state index in [2.05, 4.69) is 10.3 Å². The summed E-state index contributed by atoms with van der Waals surface area (Å²) in [6, 6.07) is 4.27. The number of piperidine rings is 1. The quantitative estimate of drug-likeness (QED) is 0.692. The van der Waals surface area contributed by atoms with Crippen LogP contribution in [0.2, 0.25) is 0 Å². The fraction of sp³-hybridized carbons (Fsp3) is 0.500. The van der Waals surface area contributed by atoms with Gasteiger partial charge in [0.2, 0.25) is 10.0 Å². The lowest BCUT2D eigenvalue weighted by molar-refractivity contribution is 0.221. The van der Waals surface area contributed by atoms with Gasteiger partial charge in [0.1, 0.15) is 5.75 Å². The molecule has 10 heteroatoms. The third-order valence-corrected chi connectivity index (χ3v) is 7.65. The summed E-state index contributed by atoms with van der Waals surface area (Å²) in [5.74, 6) is 0.436. The average Bonchev–Trinajstić information content (AvgIpc) is 3.14. The summed E-state index contributed by atoms with van der Waals surface area (Å²) >= 11 is 1.53. The second kappa shape index (κ2) is 9.76. The summed E-state index contributed by atoms with van der Waals surface area (Å²) < 4.78 is 33.2. The van der Waals surface area contributed by atoms with E-state index in [4.69, 9.17) is 4.74 Å². The summed E-state index contributed by atoms with van der Waals surface area (Å²) in [4.78, 5) is 19.6. The van der Waals surface area contributed by atoms with Crippen LogP contribution in [-0.2, 0) is 16.6 Å². The van der Waals surface area contributed by atoms with Crippen LogP contribution < -0.4 is 10.1 Å². The van der Waals surface area contributed by atoms with Gasteiger partial charge in [0.15, 0.2) is 0 Å². The number of carbonyl (C=O) groups excluding carboxylic acids is 1. The summed E-state index contributed by atoms with van der Waals surface area (Å²) in [6.45, 7) is 5.60. The minimum atomic E-state index is -3.61. The molecule has 0 bridgehead atoms. The van der Waals surface area contributed by atoms with Gasteiger partial charge in [-0.25, -0.2) is 18.2 Å². The molecular weight excluding hydrogens is 424 g/mol. The Labute approximate surface area is 181 Å². The van der Waals surface area contributed by atoms with Crippen molar-refractivity contribution in [2.75, 3.05) is 32.1 Å². The molecule has 164 valence electrons. The highest BCUT2D eigenvalue weighted by molar-refractivity contribution is 7.89. The molecule has 1 saturated heterocycles. The topological polar surface area (TPSA) is 91.8 Å². The van der Waals surface area contributed by atoms with E-state index in [9.17, 15) is 13.2 Å². The first-order valence-electron chi connectivity index (χ1n) is 10.0. The molecule has 2 amide bonds. The van der Waals surface area contributed by atoms with Crippen LogP contribution in [0.5, 0.6) is 5.75 Å². The number of hydrogen-bond donors (Lipinski definition) is 1. The van der Waals surface area contributed by atoms with E-state index in [1.54, 1.807) is 19.3 Å². The Bertz CT molecular complexity index is 984. The molecule has 8 nitrogen and oxygen atoms in total. The van der Waals surface area contributed by atoms with Crippen molar-refractivity contribution in [2.45, 2.75) is 44.6 Å². The molecule has 0 unspecified atom stereocenters. The Morgan fingerprint density at radius 2 is 2.03 bits per heavy atom. The third-order valence-electron chi connectivity index (χ3n) is 4.85. The smallest absolute Gasteiger partial charge is 0.322 e. The number of nitrogens with zero attached hydrogens (tertiary/aromatic N) is 3. The van der Waals surface area contributed by atoms with Crippen molar-refractivity contribution < 1.29 is 17.9 Å². The fourth-order valence-electron chi connectivity index (χ4n) is 3.30. The molecule has 1 aliphatic heterocycles. The molecule has 2 heterocycles. The predicted octanol–water partition coefficient (Wildman–Crippen LogP) is 3.69. The fourth-order valence-corrected chi connectivity index (χ4v) is 5.69. The van der Waals surface area contributed by atoms with Gasteiger partial charge in [-0.3, -0.25) is 0 Å². The first-order chi connectivity index (χ1) is 14.3. The molecule has 0 aliphatic carbocycles. The first-order valence-corrected chi connectivity index (χ1v) is 12.3. The number of thiazole rings is 1. The number of sulfonamides is 1. The number of aryl methyl sites for hydroxylation is 1. The van der Waals surface area contributed by atoms with E-state index in [1.807, 2.05) is 13.8 Å². The summed E-state index contributed by atoms with van der Waals surface area (Å²) in [5, 5.41) is 3.74. The molecule has 1 aliphatic rings. The number of anilines is 1. The largest absolute Gasteiger partial charge is 0.492 e. The molecule has 2 aromatic rings. The van der Waals surface area contributed by atoms with Gasteiger partial charge in [-0.05, 0) is 44.9 Å². The van der Waals surface area contributed by atoms with Crippen LogP contribution in [0, 0.1) is 6.92 Å². The van der Waals surface area contributed by atoms with E-state index in [0.29, 0.717) is 37.7 Å². The van der Waals surface area contributed by atoms with Crippen LogP contribution in [0.25, 0.3) is 0 Å². The van der Waals surface area contributed by atoms with E-state index >= 15 is 0 Å². The summed E-state index contributed by atoms with van der Waals surface area (Å²) in [7, 11) is -1.93. The molecule has 0 saturated carbocycles. The van der Waals surface area contributed by atoms with Crippen molar-refractivity contribution in [1.29, 1.82) is 0 Å². The number of hydrogen-bond acceptors (Lipinski definition) is 6. The van der Waals surface area contributed by atoms with Gasteiger partial charge in [0, 0.05) is 31.2 Å². The van der Waals surface area contributed by atoms with Crippen LogP contribution in [0.15, 0.2) is 29.3 Å². The molecule has 3 rings (SSSR count). The lowest BCUT2D eigenvalue weighted by atomic mass is 10.2. The Kier molecular flexibility index (Phi) is 7.32. The van der Waals surface area contributed by atoms with E-state index < -0.39 is 10.0 Å². The van der Waals surface area contributed by atoms with Crippen LogP contribution in [0.1, 0.15) is 36.1 Å². The van der Waals surface area contributed by atoms with E-state index in [0.717, 1.165) is 29.1 Å². The van der Waals surface area contributed by atoms with E-state index in [1.165, 1.54) is 32.7 Å². The highest BCUT2D eigenvalue weighted by atomic mass is 32.2. The Morgan fingerprint density at radius 1 is 1.30 bits per heavy atom.